The number of nitrogens with zero attached hydrogens (tertiary/aromatic N) is 2. The molecule has 0 aliphatic carbocycles. The summed E-state index contributed by atoms with van der Waals surface area (Å²) in [6, 6.07) is 15.1. The molecular weight excluding hydrogens is 448 g/mol. The van der Waals surface area contributed by atoms with Crippen molar-refractivity contribution >= 4 is 17.8 Å². The third-order valence-electron chi connectivity index (χ3n) is 6.19. The van der Waals surface area contributed by atoms with Crippen LogP contribution in [0.4, 0.5) is 4.79 Å². The number of rotatable bonds is 9. The van der Waals surface area contributed by atoms with Gasteiger partial charge in [-0.05, 0) is 43.7 Å². The van der Waals surface area contributed by atoms with Crippen LogP contribution < -0.4 is 15.4 Å². The van der Waals surface area contributed by atoms with Gasteiger partial charge in [-0.2, -0.15) is 0 Å². The Bertz CT molecular complexity index is 1130. The zero-order chi connectivity index (χ0) is 24.9. The first kappa shape index (κ1) is 24.3. The molecule has 2 aromatic carbocycles. The SMILES string of the molecule is CCN1C(=O)N[C@@H](c2cccc(Oc3ccccc3)c2)C2=C1CN([C@H](C)C(=O)NCCOC)C2=O. The lowest BCUT2D eigenvalue weighted by atomic mass is 9.95. The number of nitrogens with one attached hydrogen (secondary N) is 2. The predicted molar refractivity (Wildman–Crippen MR) is 130 cm³/mol. The molecule has 2 N–H and O–H groups in total. The summed E-state index contributed by atoms with van der Waals surface area (Å²) in [6.45, 7) is 4.87. The lowest BCUT2D eigenvalue weighted by Crippen LogP contribution is -2.47. The van der Waals surface area contributed by atoms with Crippen LogP contribution in [0.3, 0.4) is 0 Å². The van der Waals surface area contributed by atoms with Gasteiger partial charge in [0.1, 0.15) is 17.5 Å². The van der Waals surface area contributed by atoms with Crippen LogP contribution in [0.2, 0.25) is 0 Å². The number of para-hydroxylation sites is 1. The third-order valence-corrected chi connectivity index (χ3v) is 6.19. The van der Waals surface area contributed by atoms with E-state index in [4.69, 9.17) is 9.47 Å². The molecule has 4 amide bonds. The van der Waals surface area contributed by atoms with Crippen LogP contribution >= 0.6 is 0 Å². The van der Waals surface area contributed by atoms with Crippen molar-refractivity contribution in [3.8, 4) is 11.5 Å². The first-order chi connectivity index (χ1) is 16.9. The minimum absolute atomic E-state index is 0.186. The minimum atomic E-state index is -0.702. The van der Waals surface area contributed by atoms with Crippen molar-refractivity contribution in [2.45, 2.75) is 25.9 Å². The molecule has 0 bridgehead atoms. The van der Waals surface area contributed by atoms with Crippen LogP contribution in [0.5, 0.6) is 11.5 Å². The average Bonchev–Trinajstić information content (AvgIpc) is 3.20. The van der Waals surface area contributed by atoms with Gasteiger partial charge < -0.3 is 25.0 Å². The Hall–Kier alpha value is -3.85. The van der Waals surface area contributed by atoms with Crippen LogP contribution in [-0.4, -0.2) is 67.0 Å². The fourth-order valence-electron chi connectivity index (χ4n) is 4.36. The highest BCUT2D eigenvalue weighted by Gasteiger charge is 2.45. The number of hydrogen-bond acceptors (Lipinski definition) is 5. The molecule has 35 heavy (non-hydrogen) atoms. The number of likely N-dealkylation sites (N-methyl/N-ethyl adjacent to an activating group) is 1. The van der Waals surface area contributed by atoms with Crippen molar-refractivity contribution in [1.82, 2.24) is 20.4 Å². The van der Waals surface area contributed by atoms with Crippen LogP contribution in [0, 0.1) is 0 Å². The molecule has 9 nitrogen and oxygen atoms in total. The number of hydrogen-bond donors (Lipinski definition) is 2. The van der Waals surface area contributed by atoms with E-state index >= 15 is 0 Å². The van der Waals surface area contributed by atoms with E-state index in [1.54, 1.807) is 18.9 Å². The maximum Gasteiger partial charge on any atom is 0.322 e. The van der Waals surface area contributed by atoms with Gasteiger partial charge >= 0.3 is 6.03 Å². The van der Waals surface area contributed by atoms with Gasteiger partial charge in [-0.3, -0.25) is 14.5 Å². The number of benzene rings is 2. The number of urea groups is 1. The molecule has 0 fully saturated rings. The summed E-state index contributed by atoms with van der Waals surface area (Å²) in [5.74, 6) is 0.738. The molecule has 9 heteroatoms. The second kappa shape index (κ2) is 10.6. The summed E-state index contributed by atoms with van der Waals surface area (Å²) in [5, 5.41) is 5.75. The second-order valence-electron chi connectivity index (χ2n) is 8.37. The molecule has 2 heterocycles. The van der Waals surface area contributed by atoms with Crippen LogP contribution in [0.25, 0.3) is 0 Å². The molecule has 4 rings (SSSR count). The fraction of sp³-hybridized carbons (Fsp3) is 0.346. The summed E-state index contributed by atoms with van der Waals surface area (Å²) in [5.41, 5.74) is 1.82. The van der Waals surface area contributed by atoms with Crippen molar-refractivity contribution < 1.29 is 23.9 Å². The number of methoxy groups -OCH3 is 1. The summed E-state index contributed by atoms with van der Waals surface area (Å²) in [6.07, 6.45) is 0. The normalized spacial score (nSPS) is 18.3. The van der Waals surface area contributed by atoms with Gasteiger partial charge in [0.25, 0.3) is 5.91 Å². The molecule has 2 aliphatic rings. The Morgan fingerprint density at radius 2 is 1.89 bits per heavy atom. The van der Waals surface area contributed by atoms with Crippen molar-refractivity contribution in [3.05, 3.63) is 71.4 Å². The number of amides is 4. The highest BCUT2D eigenvalue weighted by molar-refractivity contribution is 6.03. The standard InChI is InChI=1S/C26H30N4O5/c1-4-29-21-16-30(17(2)24(31)27-13-14-34-3)25(32)22(21)23(28-26(29)33)18-9-8-12-20(15-18)35-19-10-6-5-7-11-19/h5-12,15,17,23H,4,13-14,16H2,1-3H3,(H,27,31)(H,28,33)/t17-,23+/m1/s1. The molecule has 0 radical (unpaired) electrons. The van der Waals surface area contributed by atoms with Crippen molar-refractivity contribution in [2.24, 2.45) is 0 Å². The fourth-order valence-corrected chi connectivity index (χ4v) is 4.36. The van der Waals surface area contributed by atoms with E-state index in [1.807, 2.05) is 61.5 Å². The molecule has 0 saturated heterocycles. The molecular formula is C26H30N4O5. The summed E-state index contributed by atoms with van der Waals surface area (Å²) in [7, 11) is 1.56. The first-order valence-electron chi connectivity index (χ1n) is 11.7. The molecule has 0 spiro atoms. The Morgan fingerprint density at radius 3 is 2.60 bits per heavy atom. The van der Waals surface area contributed by atoms with E-state index in [0.29, 0.717) is 42.5 Å². The number of carbonyl (C=O) groups is 3. The Balaban J connectivity index is 1.61. The van der Waals surface area contributed by atoms with Crippen molar-refractivity contribution in [1.29, 1.82) is 0 Å². The van der Waals surface area contributed by atoms with Crippen molar-refractivity contribution in [2.75, 3.05) is 33.4 Å². The molecule has 0 saturated carbocycles. The lowest BCUT2D eigenvalue weighted by molar-refractivity contribution is -0.135. The molecule has 2 aliphatic heterocycles. The van der Waals surface area contributed by atoms with E-state index < -0.39 is 12.1 Å². The van der Waals surface area contributed by atoms with Crippen LogP contribution in [0.1, 0.15) is 25.5 Å². The summed E-state index contributed by atoms with van der Waals surface area (Å²) >= 11 is 0. The maximum atomic E-state index is 13.6. The molecule has 2 aromatic rings. The molecule has 184 valence electrons. The molecule has 2 atom stereocenters. The van der Waals surface area contributed by atoms with Crippen molar-refractivity contribution in [3.63, 3.8) is 0 Å². The van der Waals surface area contributed by atoms with E-state index in [2.05, 4.69) is 10.6 Å². The summed E-state index contributed by atoms with van der Waals surface area (Å²) < 4.78 is 10.9. The van der Waals surface area contributed by atoms with Gasteiger partial charge in [-0.25, -0.2) is 4.79 Å². The second-order valence-corrected chi connectivity index (χ2v) is 8.37. The zero-order valence-corrected chi connectivity index (χ0v) is 20.1. The third kappa shape index (κ3) is 5.00. The van der Waals surface area contributed by atoms with E-state index in [1.165, 1.54) is 4.90 Å². The molecule has 0 aromatic heterocycles. The van der Waals surface area contributed by atoms with Crippen LogP contribution in [-0.2, 0) is 14.3 Å². The molecule has 0 unspecified atom stereocenters. The highest BCUT2D eigenvalue weighted by atomic mass is 16.5. The average molecular weight is 479 g/mol. The zero-order valence-electron chi connectivity index (χ0n) is 20.1. The van der Waals surface area contributed by atoms with Gasteiger partial charge in [0.15, 0.2) is 0 Å². The lowest BCUT2D eigenvalue weighted by Gasteiger charge is -2.33. The first-order valence-corrected chi connectivity index (χ1v) is 11.7. The predicted octanol–water partition coefficient (Wildman–Crippen LogP) is 2.81. The van der Waals surface area contributed by atoms with Gasteiger partial charge in [-0.15, -0.1) is 0 Å². The van der Waals surface area contributed by atoms with Gasteiger partial charge in [0, 0.05) is 20.2 Å². The Morgan fingerprint density at radius 1 is 1.14 bits per heavy atom. The van der Waals surface area contributed by atoms with Gasteiger partial charge in [-0.1, -0.05) is 30.3 Å². The summed E-state index contributed by atoms with van der Waals surface area (Å²) in [4.78, 5) is 42.3. The highest BCUT2D eigenvalue weighted by Crippen LogP contribution is 2.38. The largest absolute Gasteiger partial charge is 0.457 e. The van der Waals surface area contributed by atoms with Crippen LogP contribution in [0.15, 0.2) is 65.9 Å². The quantitative estimate of drug-likeness (QED) is 0.540. The maximum absolute atomic E-state index is 13.6. The van der Waals surface area contributed by atoms with E-state index in [9.17, 15) is 14.4 Å². The topological polar surface area (TPSA) is 100 Å². The Labute approximate surface area is 204 Å². The van der Waals surface area contributed by atoms with Gasteiger partial charge in [0.2, 0.25) is 5.91 Å². The monoisotopic (exact) mass is 478 g/mol. The van der Waals surface area contributed by atoms with Gasteiger partial charge in [0.05, 0.1) is 30.5 Å². The van der Waals surface area contributed by atoms with E-state index in [-0.39, 0.29) is 24.4 Å². The smallest absolute Gasteiger partial charge is 0.322 e. The minimum Gasteiger partial charge on any atom is -0.457 e. The Kier molecular flexibility index (Phi) is 7.36. The number of carbonyl (C=O) groups excluding carboxylic acids is 3. The number of ether oxygens (including phenoxy) is 2. The van der Waals surface area contributed by atoms with E-state index in [0.717, 1.165) is 5.56 Å².